The molecule has 13 heteroatoms. The van der Waals surface area contributed by atoms with Gasteiger partial charge in [-0.25, -0.2) is 0 Å². The predicted octanol–water partition coefficient (Wildman–Crippen LogP) is 0.858. The van der Waals surface area contributed by atoms with Crippen LogP contribution in [0.3, 0.4) is 0 Å². The fraction of sp³-hybridized carbons (Fsp3) is 0.974. The molecular formula is C39H65NO12. The van der Waals surface area contributed by atoms with Gasteiger partial charge in [-0.15, -0.1) is 0 Å². The highest BCUT2D eigenvalue weighted by Gasteiger charge is 2.63. The summed E-state index contributed by atoms with van der Waals surface area (Å²) in [6.45, 7) is 9.49. The Bertz CT molecular complexity index is 1250. The highest BCUT2D eigenvalue weighted by molar-refractivity contribution is 5.83. The van der Waals surface area contributed by atoms with Gasteiger partial charge in [0, 0.05) is 18.4 Å². The van der Waals surface area contributed by atoms with Gasteiger partial charge in [-0.1, -0.05) is 27.7 Å². The van der Waals surface area contributed by atoms with E-state index in [4.69, 9.17) is 18.9 Å². The first-order chi connectivity index (χ1) is 24.7. The van der Waals surface area contributed by atoms with E-state index in [0.717, 1.165) is 25.3 Å². The van der Waals surface area contributed by atoms with Crippen LogP contribution in [0.2, 0.25) is 0 Å². The van der Waals surface area contributed by atoms with Crippen LogP contribution in [0.5, 0.6) is 0 Å². The van der Waals surface area contributed by atoms with Crippen LogP contribution in [0.15, 0.2) is 0 Å². The number of ketones is 1. The van der Waals surface area contributed by atoms with Gasteiger partial charge in [-0.05, 0) is 111 Å². The maximum Gasteiger partial charge on any atom is 0.187 e. The first-order valence-corrected chi connectivity index (χ1v) is 20.2. The Kier molecular flexibility index (Phi) is 11.6. The van der Waals surface area contributed by atoms with Crippen molar-refractivity contribution in [3.63, 3.8) is 0 Å². The summed E-state index contributed by atoms with van der Waals surface area (Å²) in [6.07, 6.45) is -5.43. The smallest absolute Gasteiger partial charge is 0.187 e. The zero-order valence-electron chi connectivity index (χ0n) is 31.3. The monoisotopic (exact) mass is 739 g/mol. The van der Waals surface area contributed by atoms with E-state index in [9.17, 15) is 40.5 Å². The van der Waals surface area contributed by atoms with E-state index < -0.39 is 80.7 Å². The maximum absolute atomic E-state index is 14.2. The average Bonchev–Trinajstić information content (AvgIpc) is 3.49. The molecule has 3 heterocycles. The van der Waals surface area contributed by atoms with Gasteiger partial charge in [0.25, 0.3) is 0 Å². The SMILES string of the molecule is C[C@H]1CC[C@H]([C@@H](C)[C@H]2CC[C@H]3[C@@H]4CC(=O)[C@H]5C[C@@H](O[C@@H]6O[C@H](CO)[C@@H](O[C@@H]7O[C@H](CO)[C@H](O)[C@H](O)[C@H]7O)[C@@H](O)[C@H]6O)CC[C@]5(C)[C@H]4CC[C@@]23C)NC1. The summed E-state index contributed by atoms with van der Waals surface area (Å²) < 4.78 is 23.3. The number of hydrogen-bond acceptors (Lipinski definition) is 13. The second-order valence-corrected chi connectivity index (χ2v) is 18.4. The molecule has 0 radical (unpaired) electrons. The molecule has 52 heavy (non-hydrogen) atoms. The highest BCUT2D eigenvalue weighted by Crippen LogP contribution is 2.68. The van der Waals surface area contributed by atoms with Crippen LogP contribution in [-0.2, 0) is 23.7 Å². The topological polar surface area (TPSA) is 208 Å². The molecule has 0 bridgehead atoms. The minimum absolute atomic E-state index is 0.129. The largest absolute Gasteiger partial charge is 0.394 e. The average molecular weight is 740 g/mol. The Morgan fingerprint density at radius 1 is 0.788 bits per heavy atom. The van der Waals surface area contributed by atoms with Crippen LogP contribution in [-0.4, -0.2) is 135 Å². The van der Waals surface area contributed by atoms with E-state index in [1.165, 1.54) is 32.1 Å². The van der Waals surface area contributed by atoms with Gasteiger partial charge in [-0.2, -0.15) is 0 Å². The van der Waals surface area contributed by atoms with Crippen molar-refractivity contribution in [2.24, 2.45) is 52.3 Å². The van der Waals surface area contributed by atoms with Gasteiger partial charge in [0.1, 0.15) is 54.6 Å². The van der Waals surface area contributed by atoms with Gasteiger partial charge >= 0.3 is 0 Å². The van der Waals surface area contributed by atoms with Crippen molar-refractivity contribution in [3.8, 4) is 0 Å². The fourth-order valence-electron chi connectivity index (χ4n) is 12.6. The van der Waals surface area contributed by atoms with Crippen molar-refractivity contribution in [3.05, 3.63) is 0 Å². The summed E-state index contributed by atoms with van der Waals surface area (Å²) >= 11 is 0. The van der Waals surface area contributed by atoms with Gasteiger partial charge in [0.2, 0.25) is 0 Å². The number of aliphatic hydroxyl groups excluding tert-OH is 7. The Morgan fingerprint density at radius 3 is 2.13 bits per heavy atom. The highest BCUT2D eigenvalue weighted by atomic mass is 16.7. The van der Waals surface area contributed by atoms with E-state index in [1.54, 1.807) is 0 Å². The molecule has 0 amide bonds. The molecule has 21 atom stereocenters. The molecule has 3 aliphatic heterocycles. The minimum atomic E-state index is -1.74. The zero-order chi connectivity index (χ0) is 37.3. The van der Waals surface area contributed by atoms with Crippen molar-refractivity contribution in [1.82, 2.24) is 5.32 Å². The lowest BCUT2D eigenvalue weighted by Crippen LogP contribution is -2.65. The summed E-state index contributed by atoms with van der Waals surface area (Å²) in [6, 6.07) is 0.584. The molecule has 0 aromatic carbocycles. The number of Topliss-reactive ketones (excluding diaryl/α,β-unsaturated/α-hetero) is 1. The number of piperidine rings is 1. The third kappa shape index (κ3) is 6.74. The number of carbonyl (C=O) groups excluding carboxylic acids is 1. The molecule has 298 valence electrons. The number of rotatable bonds is 8. The molecule has 4 aliphatic carbocycles. The lowest BCUT2D eigenvalue weighted by Gasteiger charge is -2.61. The van der Waals surface area contributed by atoms with Crippen LogP contribution in [0.25, 0.3) is 0 Å². The number of carbonyl (C=O) groups is 1. The number of ether oxygens (including phenoxy) is 4. The molecule has 7 aliphatic rings. The Hall–Kier alpha value is -0.810. The van der Waals surface area contributed by atoms with Crippen LogP contribution in [0.4, 0.5) is 0 Å². The van der Waals surface area contributed by atoms with Gasteiger partial charge in [0.15, 0.2) is 12.6 Å². The summed E-state index contributed by atoms with van der Waals surface area (Å²) in [5.41, 5.74) is 0.132. The maximum atomic E-state index is 14.2. The molecule has 8 N–H and O–H groups in total. The van der Waals surface area contributed by atoms with E-state index >= 15 is 0 Å². The van der Waals surface area contributed by atoms with Gasteiger partial charge < -0.3 is 60.0 Å². The second kappa shape index (κ2) is 15.3. The molecule has 7 rings (SSSR count). The van der Waals surface area contributed by atoms with E-state index in [0.29, 0.717) is 60.7 Å². The van der Waals surface area contributed by atoms with Gasteiger partial charge in [0.05, 0.1) is 19.3 Å². The van der Waals surface area contributed by atoms with Crippen LogP contribution in [0, 0.1) is 52.3 Å². The second-order valence-electron chi connectivity index (χ2n) is 18.4. The Labute approximate surface area is 307 Å². The van der Waals surface area contributed by atoms with Crippen LogP contribution in [0.1, 0.15) is 91.9 Å². The molecular weight excluding hydrogens is 674 g/mol. The van der Waals surface area contributed by atoms with Crippen molar-refractivity contribution in [2.75, 3.05) is 19.8 Å². The predicted molar refractivity (Wildman–Crippen MR) is 186 cm³/mol. The van der Waals surface area contributed by atoms with Crippen LogP contribution < -0.4 is 5.32 Å². The standard InChI is InChI=1S/C39H65NO12/c1-18-5-8-26(40-15-18)19(2)22-6-7-23-21-14-27(43)25-13-20(9-11-39(25,4)24(21)10-12-38(22,23)3)49-36-34(48)32(46)35(29(17-42)51-36)52-37-33(47)31(45)30(44)28(16-41)50-37/h18-26,28-37,40-42,44-48H,5-17H2,1-4H3/t18-,19-,20-,21-,22+,23-,24-,25+,26+,28+,29+,30-,31-,32-,33+,34+,35+,36+,37-,38-,39+/m0/s1. The van der Waals surface area contributed by atoms with Crippen molar-refractivity contribution in [1.29, 1.82) is 0 Å². The summed E-state index contributed by atoms with van der Waals surface area (Å²) in [5.74, 6) is 3.66. The van der Waals surface area contributed by atoms with Crippen molar-refractivity contribution >= 4 is 5.78 Å². The number of nitrogens with one attached hydrogen (secondary N) is 1. The lowest BCUT2D eigenvalue weighted by atomic mass is 9.44. The summed E-state index contributed by atoms with van der Waals surface area (Å²) in [4.78, 5) is 14.2. The third-order valence-corrected chi connectivity index (χ3v) is 15.7. The van der Waals surface area contributed by atoms with E-state index in [2.05, 4.69) is 33.0 Å². The summed E-state index contributed by atoms with van der Waals surface area (Å²) in [5, 5.41) is 76.6. The quantitative estimate of drug-likeness (QED) is 0.163. The lowest BCUT2D eigenvalue weighted by molar-refractivity contribution is -0.364. The first-order valence-electron chi connectivity index (χ1n) is 20.2. The van der Waals surface area contributed by atoms with E-state index in [1.807, 2.05) is 0 Å². The molecule has 13 nitrogen and oxygen atoms in total. The van der Waals surface area contributed by atoms with Crippen molar-refractivity contribution < 1.29 is 59.5 Å². The zero-order valence-corrected chi connectivity index (χ0v) is 31.3. The Morgan fingerprint density at radius 2 is 1.44 bits per heavy atom. The number of aliphatic hydroxyl groups is 7. The molecule has 0 aromatic rings. The number of fused-ring (bicyclic) bond motifs is 5. The van der Waals surface area contributed by atoms with E-state index in [-0.39, 0.29) is 16.7 Å². The molecule has 0 spiro atoms. The third-order valence-electron chi connectivity index (χ3n) is 15.7. The van der Waals surface area contributed by atoms with Crippen LogP contribution >= 0.6 is 0 Å². The molecule has 0 aromatic heterocycles. The molecule has 0 unspecified atom stereocenters. The molecule has 7 fully saturated rings. The van der Waals surface area contributed by atoms with Gasteiger partial charge in [-0.3, -0.25) is 4.79 Å². The summed E-state index contributed by atoms with van der Waals surface area (Å²) in [7, 11) is 0. The first kappa shape index (κ1) is 39.4. The van der Waals surface area contributed by atoms with Crippen molar-refractivity contribution in [2.45, 2.75) is 165 Å². The minimum Gasteiger partial charge on any atom is -0.394 e. The molecule has 4 saturated carbocycles. The normalized spacial score (nSPS) is 54.6. The fourth-order valence-corrected chi connectivity index (χ4v) is 12.6. The Balaban J connectivity index is 0.981. The molecule has 3 saturated heterocycles. The number of hydrogen-bond donors (Lipinski definition) is 8.